The van der Waals surface area contributed by atoms with Crippen LogP contribution >= 0.6 is 0 Å². The van der Waals surface area contributed by atoms with Gasteiger partial charge in [-0.15, -0.1) is 0 Å². The third-order valence-corrected chi connectivity index (χ3v) is 3.42. The average Bonchev–Trinajstić information content (AvgIpc) is 3.04. The molecule has 3 heteroatoms. The van der Waals surface area contributed by atoms with E-state index in [1.165, 1.54) is 0 Å². The van der Waals surface area contributed by atoms with E-state index in [0.717, 1.165) is 30.4 Å². The minimum Gasteiger partial charge on any atom is -0.460 e. The molecule has 1 aromatic rings. The van der Waals surface area contributed by atoms with E-state index in [1.54, 1.807) is 0 Å². The first kappa shape index (κ1) is 15.0. The molecule has 1 saturated carbocycles. The van der Waals surface area contributed by atoms with Gasteiger partial charge in [-0.2, -0.15) is 0 Å². The summed E-state index contributed by atoms with van der Waals surface area (Å²) >= 11 is 0. The van der Waals surface area contributed by atoms with Gasteiger partial charge in [0.15, 0.2) is 0 Å². The minimum absolute atomic E-state index is 0.158. The van der Waals surface area contributed by atoms with E-state index in [2.05, 4.69) is 0 Å². The fourth-order valence-electron chi connectivity index (χ4n) is 2.16. The normalized spacial score (nSPS) is 16.8. The maximum Gasteiger partial charge on any atom is 0.306 e. The Labute approximate surface area is 121 Å². The molecule has 3 nitrogen and oxygen atoms in total. The highest BCUT2D eigenvalue weighted by atomic mass is 16.6. The number of aliphatic hydroxyl groups is 1. The molecule has 0 saturated heterocycles. The van der Waals surface area contributed by atoms with Crippen molar-refractivity contribution in [2.75, 3.05) is 0 Å². The van der Waals surface area contributed by atoms with E-state index >= 15 is 0 Å². The molecular weight excluding hydrogens is 252 g/mol. The average molecular weight is 276 g/mol. The smallest absolute Gasteiger partial charge is 0.306 e. The summed E-state index contributed by atoms with van der Waals surface area (Å²) in [5.41, 5.74) is 1.42. The van der Waals surface area contributed by atoms with Crippen molar-refractivity contribution in [2.45, 2.75) is 64.1 Å². The number of carbonyl (C=O) groups is 1. The first-order valence-electron chi connectivity index (χ1n) is 7.28. The number of hydrogen-bond acceptors (Lipinski definition) is 3. The Morgan fingerprint density at radius 2 is 1.75 bits per heavy atom. The predicted molar refractivity (Wildman–Crippen MR) is 78.5 cm³/mol. The molecule has 1 N–H and O–H groups in total. The Hall–Kier alpha value is -1.35. The van der Waals surface area contributed by atoms with Gasteiger partial charge in [-0.1, -0.05) is 24.3 Å². The molecule has 0 aliphatic heterocycles. The van der Waals surface area contributed by atoms with Gasteiger partial charge in [0.1, 0.15) is 5.60 Å². The number of benzene rings is 1. The van der Waals surface area contributed by atoms with Gasteiger partial charge in [0.2, 0.25) is 0 Å². The summed E-state index contributed by atoms with van der Waals surface area (Å²) in [6.07, 6.45) is 3.65. The summed E-state index contributed by atoms with van der Waals surface area (Å²) in [6, 6.07) is 8.15. The molecule has 0 spiro atoms. The Morgan fingerprint density at radius 3 is 2.25 bits per heavy atom. The lowest BCUT2D eigenvalue weighted by Gasteiger charge is -2.19. The van der Waals surface area contributed by atoms with Crippen LogP contribution < -0.4 is 0 Å². The van der Waals surface area contributed by atoms with Gasteiger partial charge in [0.05, 0.1) is 5.60 Å². The summed E-state index contributed by atoms with van der Waals surface area (Å²) < 4.78 is 5.29. The Bertz CT molecular complexity index is 464. The van der Waals surface area contributed by atoms with E-state index in [0.29, 0.717) is 12.8 Å². The molecule has 1 aliphatic rings. The molecule has 0 amide bonds. The first-order valence-corrected chi connectivity index (χ1v) is 7.28. The van der Waals surface area contributed by atoms with Gasteiger partial charge in [0.25, 0.3) is 0 Å². The van der Waals surface area contributed by atoms with Crippen LogP contribution in [0.4, 0.5) is 0 Å². The van der Waals surface area contributed by atoms with Crippen molar-refractivity contribution >= 4 is 5.97 Å². The van der Waals surface area contributed by atoms with E-state index in [1.807, 2.05) is 45.0 Å². The van der Waals surface area contributed by atoms with Crippen LogP contribution in [-0.4, -0.2) is 22.3 Å². The number of rotatable bonds is 5. The van der Waals surface area contributed by atoms with Crippen molar-refractivity contribution in [3.05, 3.63) is 35.4 Å². The number of hydrogen-bond donors (Lipinski definition) is 1. The van der Waals surface area contributed by atoms with E-state index in [-0.39, 0.29) is 5.97 Å². The van der Waals surface area contributed by atoms with Crippen LogP contribution in [0.25, 0.3) is 0 Å². The van der Waals surface area contributed by atoms with Crippen LogP contribution in [0.3, 0.4) is 0 Å². The quantitative estimate of drug-likeness (QED) is 0.841. The number of aryl methyl sites for hydroxylation is 1. The highest BCUT2D eigenvalue weighted by Crippen LogP contribution is 2.38. The maximum absolute atomic E-state index is 11.6. The second kappa shape index (κ2) is 5.57. The molecule has 0 radical (unpaired) electrons. The summed E-state index contributed by atoms with van der Waals surface area (Å²) in [7, 11) is 0. The molecule has 1 aromatic carbocycles. The lowest BCUT2D eigenvalue weighted by atomic mass is 10.0. The van der Waals surface area contributed by atoms with Gasteiger partial charge < -0.3 is 9.84 Å². The zero-order chi connectivity index (χ0) is 14.8. The summed E-state index contributed by atoms with van der Waals surface area (Å²) in [4.78, 5) is 11.6. The summed E-state index contributed by atoms with van der Waals surface area (Å²) in [6.45, 7) is 5.63. The zero-order valence-corrected chi connectivity index (χ0v) is 12.6. The van der Waals surface area contributed by atoms with Crippen molar-refractivity contribution < 1.29 is 14.6 Å². The van der Waals surface area contributed by atoms with Crippen LogP contribution in [0.5, 0.6) is 0 Å². The molecule has 0 heterocycles. The Morgan fingerprint density at radius 1 is 1.20 bits per heavy atom. The minimum atomic E-state index is -0.446. The van der Waals surface area contributed by atoms with Crippen molar-refractivity contribution in [3.63, 3.8) is 0 Å². The standard InChI is InChI=1S/C17H24O3/c1-16(2,3)20-15(18)9-8-13-4-6-14(7-5-13)12-17(19)10-11-17/h4-7,19H,8-12H2,1-3H3. The van der Waals surface area contributed by atoms with Crippen LogP contribution in [0, 0.1) is 0 Å². The van der Waals surface area contributed by atoms with Crippen molar-refractivity contribution in [1.82, 2.24) is 0 Å². The first-order chi connectivity index (χ1) is 9.26. The third-order valence-electron chi connectivity index (χ3n) is 3.42. The molecule has 2 rings (SSSR count). The van der Waals surface area contributed by atoms with E-state index in [9.17, 15) is 9.90 Å². The van der Waals surface area contributed by atoms with Gasteiger partial charge in [-0.3, -0.25) is 4.79 Å². The number of carbonyl (C=O) groups excluding carboxylic acids is 1. The second-order valence-corrected chi connectivity index (χ2v) is 6.80. The van der Waals surface area contributed by atoms with Crippen LogP contribution in [0.2, 0.25) is 0 Å². The molecule has 0 unspecified atom stereocenters. The fourth-order valence-corrected chi connectivity index (χ4v) is 2.16. The van der Waals surface area contributed by atoms with Crippen LogP contribution in [0.15, 0.2) is 24.3 Å². The topological polar surface area (TPSA) is 46.5 Å². The SMILES string of the molecule is CC(C)(C)OC(=O)CCc1ccc(CC2(O)CC2)cc1. The monoisotopic (exact) mass is 276 g/mol. The van der Waals surface area contributed by atoms with Gasteiger partial charge >= 0.3 is 5.97 Å². The second-order valence-electron chi connectivity index (χ2n) is 6.80. The molecule has 1 aliphatic carbocycles. The van der Waals surface area contributed by atoms with E-state index in [4.69, 9.17) is 4.74 Å². The highest BCUT2D eigenvalue weighted by molar-refractivity contribution is 5.70. The summed E-state index contributed by atoms with van der Waals surface area (Å²) in [5.74, 6) is -0.158. The zero-order valence-electron chi connectivity index (χ0n) is 12.6. The summed E-state index contributed by atoms with van der Waals surface area (Å²) in [5, 5.41) is 9.87. The lowest BCUT2D eigenvalue weighted by molar-refractivity contribution is -0.154. The number of esters is 1. The van der Waals surface area contributed by atoms with Gasteiger partial charge in [0, 0.05) is 12.8 Å². The molecule has 0 aromatic heterocycles. The lowest BCUT2D eigenvalue weighted by Crippen LogP contribution is -2.24. The molecular formula is C17H24O3. The maximum atomic E-state index is 11.6. The Kier molecular flexibility index (Phi) is 4.19. The van der Waals surface area contributed by atoms with Crippen molar-refractivity contribution in [3.8, 4) is 0 Å². The molecule has 110 valence electrons. The largest absolute Gasteiger partial charge is 0.460 e. The molecule has 1 fully saturated rings. The van der Waals surface area contributed by atoms with Crippen LogP contribution in [0.1, 0.15) is 51.2 Å². The molecule has 20 heavy (non-hydrogen) atoms. The van der Waals surface area contributed by atoms with E-state index < -0.39 is 11.2 Å². The third kappa shape index (κ3) is 4.97. The molecule has 0 bridgehead atoms. The fraction of sp³-hybridized carbons (Fsp3) is 0.588. The predicted octanol–water partition coefficient (Wildman–Crippen LogP) is 3.03. The van der Waals surface area contributed by atoms with Gasteiger partial charge in [-0.25, -0.2) is 0 Å². The highest BCUT2D eigenvalue weighted by Gasteiger charge is 2.39. The number of ether oxygens (including phenoxy) is 1. The van der Waals surface area contributed by atoms with Crippen LogP contribution in [-0.2, 0) is 22.4 Å². The van der Waals surface area contributed by atoms with Crippen molar-refractivity contribution in [2.24, 2.45) is 0 Å². The molecule has 0 atom stereocenters. The van der Waals surface area contributed by atoms with Crippen molar-refractivity contribution in [1.29, 1.82) is 0 Å². The van der Waals surface area contributed by atoms with Gasteiger partial charge in [-0.05, 0) is 51.2 Å². The Balaban J connectivity index is 1.80.